The lowest BCUT2D eigenvalue weighted by molar-refractivity contribution is 1.07. The third kappa shape index (κ3) is 1.90. The largest absolute Gasteiger partial charge is 0.369 e. The zero-order valence-corrected chi connectivity index (χ0v) is 12.3. The maximum absolute atomic E-state index is 6.07. The number of hydrogen-bond acceptors (Lipinski definition) is 3. The van der Waals surface area contributed by atoms with Crippen molar-refractivity contribution in [2.45, 2.75) is 13.8 Å². The van der Waals surface area contributed by atoms with Gasteiger partial charge in [-0.05, 0) is 43.2 Å². The lowest BCUT2D eigenvalue weighted by Gasteiger charge is -2.14. The van der Waals surface area contributed by atoms with Crippen molar-refractivity contribution in [1.82, 2.24) is 14.5 Å². The lowest BCUT2D eigenvalue weighted by Crippen LogP contribution is -2.04. The smallest absolute Gasteiger partial charge is 0.206 e. The maximum Gasteiger partial charge on any atom is 0.206 e. The normalized spacial score (nSPS) is 11.1. The molecule has 19 heavy (non-hydrogen) atoms. The van der Waals surface area contributed by atoms with E-state index < -0.39 is 0 Å². The van der Waals surface area contributed by atoms with Gasteiger partial charge >= 0.3 is 0 Å². The molecule has 0 amide bonds. The first-order chi connectivity index (χ1) is 9.08. The van der Waals surface area contributed by atoms with E-state index in [0.717, 1.165) is 32.3 Å². The molecule has 2 aromatic heterocycles. The number of benzene rings is 1. The molecule has 3 aromatic rings. The molecule has 0 unspecified atom stereocenters. The van der Waals surface area contributed by atoms with Crippen molar-refractivity contribution in [2.75, 3.05) is 5.73 Å². The van der Waals surface area contributed by atoms with E-state index in [4.69, 9.17) is 5.73 Å². The Morgan fingerprint density at radius 3 is 2.58 bits per heavy atom. The van der Waals surface area contributed by atoms with Gasteiger partial charge in [-0.3, -0.25) is 9.55 Å². The Hall–Kier alpha value is -1.88. The second kappa shape index (κ2) is 4.35. The molecular formula is C14H13BrN4. The predicted octanol–water partition coefficient (Wildman–Crippen LogP) is 3.38. The van der Waals surface area contributed by atoms with Gasteiger partial charge in [-0.15, -0.1) is 0 Å². The van der Waals surface area contributed by atoms with E-state index >= 15 is 0 Å². The molecule has 0 radical (unpaired) electrons. The predicted molar refractivity (Wildman–Crippen MR) is 80.5 cm³/mol. The summed E-state index contributed by atoms with van der Waals surface area (Å²) in [5, 5.41) is 0. The Labute approximate surface area is 119 Å². The van der Waals surface area contributed by atoms with Gasteiger partial charge in [-0.25, -0.2) is 4.98 Å². The molecule has 0 saturated carbocycles. The Morgan fingerprint density at radius 1 is 1.21 bits per heavy atom. The van der Waals surface area contributed by atoms with Crippen LogP contribution < -0.4 is 5.73 Å². The first kappa shape index (κ1) is 12.2. The summed E-state index contributed by atoms with van der Waals surface area (Å²) < 4.78 is 3.05. The van der Waals surface area contributed by atoms with Crippen molar-refractivity contribution in [1.29, 1.82) is 0 Å². The number of nitrogens with zero attached hydrogens (tertiary/aromatic N) is 3. The van der Waals surface area contributed by atoms with Crippen LogP contribution in [0.2, 0.25) is 0 Å². The molecule has 0 aliphatic carbocycles. The second-order valence-corrected chi connectivity index (χ2v) is 5.47. The molecule has 0 bridgehead atoms. The fourth-order valence-electron chi connectivity index (χ4n) is 2.44. The van der Waals surface area contributed by atoms with Gasteiger partial charge in [0.15, 0.2) is 0 Å². The van der Waals surface area contributed by atoms with Gasteiger partial charge < -0.3 is 5.73 Å². The van der Waals surface area contributed by atoms with Crippen molar-refractivity contribution in [3.05, 3.63) is 46.2 Å². The van der Waals surface area contributed by atoms with E-state index in [1.54, 1.807) is 12.4 Å². The summed E-state index contributed by atoms with van der Waals surface area (Å²) >= 11 is 3.51. The highest BCUT2D eigenvalue weighted by Gasteiger charge is 2.14. The molecule has 2 heterocycles. The summed E-state index contributed by atoms with van der Waals surface area (Å²) in [4.78, 5) is 8.44. The van der Waals surface area contributed by atoms with E-state index in [0.29, 0.717) is 5.95 Å². The molecule has 0 aliphatic heterocycles. The average Bonchev–Trinajstić information content (AvgIpc) is 2.65. The van der Waals surface area contributed by atoms with E-state index in [1.807, 2.05) is 10.6 Å². The zero-order valence-electron chi connectivity index (χ0n) is 10.7. The zero-order chi connectivity index (χ0) is 13.6. The monoisotopic (exact) mass is 316 g/mol. The molecule has 0 atom stereocenters. The number of halogens is 1. The Morgan fingerprint density at radius 2 is 1.89 bits per heavy atom. The van der Waals surface area contributed by atoms with Crippen LogP contribution in [-0.2, 0) is 0 Å². The number of nitrogens with two attached hydrogens (primary N) is 1. The van der Waals surface area contributed by atoms with Crippen molar-refractivity contribution < 1.29 is 0 Å². The van der Waals surface area contributed by atoms with Crippen LogP contribution >= 0.6 is 15.9 Å². The SMILES string of the molecule is Cc1cc(Br)cc(C)c1-n1c(N)nc2cnccc21. The fraction of sp³-hybridized carbons (Fsp3) is 0.143. The van der Waals surface area contributed by atoms with Crippen LogP contribution in [0.1, 0.15) is 11.1 Å². The molecule has 3 rings (SSSR count). The van der Waals surface area contributed by atoms with Crippen LogP contribution in [0.15, 0.2) is 35.1 Å². The third-order valence-electron chi connectivity index (χ3n) is 3.16. The van der Waals surface area contributed by atoms with Gasteiger partial charge in [0.05, 0.1) is 17.4 Å². The van der Waals surface area contributed by atoms with E-state index in [1.165, 1.54) is 0 Å². The van der Waals surface area contributed by atoms with Crippen molar-refractivity contribution in [2.24, 2.45) is 0 Å². The van der Waals surface area contributed by atoms with Crippen LogP contribution in [0.4, 0.5) is 5.95 Å². The highest BCUT2D eigenvalue weighted by atomic mass is 79.9. The molecule has 96 valence electrons. The first-order valence-electron chi connectivity index (χ1n) is 5.93. The van der Waals surface area contributed by atoms with Gasteiger partial charge in [0.1, 0.15) is 5.52 Å². The Balaban J connectivity index is 2.40. The summed E-state index contributed by atoms with van der Waals surface area (Å²) in [5.74, 6) is 0.483. The minimum Gasteiger partial charge on any atom is -0.369 e. The number of rotatable bonds is 1. The number of aryl methyl sites for hydroxylation is 2. The lowest BCUT2D eigenvalue weighted by atomic mass is 10.1. The highest BCUT2D eigenvalue weighted by Crippen LogP contribution is 2.29. The Bertz CT molecular complexity index is 753. The molecule has 0 spiro atoms. The summed E-state index contributed by atoms with van der Waals surface area (Å²) in [6.07, 6.45) is 3.48. The fourth-order valence-corrected chi connectivity index (χ4v) is 3.13. The van der Waals surface area contributed by atoms with Crippen LogP contribution in [0.3, 0.4) is 0 Å². The standard InChI is InChI=1S/C14H13BrN4/c1-8-5-10(15)6-9(2)13(8)19-12-3-4-17-7-11(12)18-14(19)16/h3-7H,1-2H3,(H2,16,18). The van der Waals surface area contributed by atoms with Crippen LogP contribution in [0, 0.1) is 13.8 Å². The quantitative estimate of drug-likeness (QED) is 0.748. The average molecular weight is 317 g/mol. The van der Waals surface area contributed by atoms with E-state index in [9.17, 15) is 0 Å². The molecule has 0 aliphatic rings. The molecule has 0 saturated heterocycles. The Kier molecular flexibility index (Phi) is 2.78. The summed E-state index contributed by atoms with van der Waals surface area (Å²) in [5.41, 5.74) is 11.2. The number of imidazole rings is 1. The maximum atomic E-state index is 6.07. The minimum absolute atomic E-state index is 0.483. The molecule has 5 heteroatoms. The van der Waals surface area contributed by atoms with E-state index in [2.05, 4.69) is 51.9 Å². The van der Waals surface area contributed by atoms with Crippen LogP contribution in [0.25, 0.3) is 16.7 Å². The van der Waals surface area contributed by atoms with Crippen LogP contribution in [0.5, 0.6) is 0 Å². The number of hydrogen-bond donors (Lipinski definition) is 1. The summed E-state index contributed by atoms with van der Waals surface area (Å²) in [6.45, 7) is 4.14. The number of aromatic nitrogens is 3. The second-order valence-electron chi connectivity index (χ2n) is 4.56. The minimum atomic E-state index is 0.483. The molecule has 1 aromatic carbocycles. The molecule has 4 nitrogen and oxygen atoms in total. The number of fused-ring (bicyclic) bond motifs is 1. The van der Waals surface area contributed by atoms with Crippen LogP contribution in [-0.4, -0.2) is 14.5 Å². The van der Waals surface area contributed by atoms with Crippen molar-refractivity contribution in [3.8, 4) is 5.69 Å². The molecule has 0 fully saturated rings. The number of nitrogen functional groups attached to an aromatic ring is 1. The van der Waals surface area contributed by atoms with Gasteiger partial charge in [0.25, 0.3) is 0 Å². The number of pyridine rings is 1. The van der Waals surface area contributed by atoms with Crippen molar-refractivity contribution >= 4 is 32.9 Å². The summed E-state index contributed by atoms with van der Waals surface area (Å²) in [6, 6.07) is 6.09. The summed E-state index contributed by atoms with van der Waals surface area (Å²) in [7, 11) is 0. The van der Waals surface area contributed by atoms with Gasteiger partial charge in [-0.2, -0.15) is 0 Å². The molecule has 2 N–H and O–H groups in total. The topological polar surface area (TPSA) is 56.7 Å². The highest BCUT2D eigenvalue weighted by molar-refractivity contribution is 9.10. The number of anilines is 1. The van der Waals surface area contributed by atoms with E-state index in [-0.39, 0.29) is 0 Å². The van der Waals surface area contributed by atoms with Gasteiger partial charge in [0.2, 0.25) is 5.95 Å². The van der Waals surface area contributed by atoms with Crippen molar-refractivity contribution in [3.63, 3.8) is 0 Å². The molecular weight excluding hydrogens is 304 g/mol. The third-order valence-corrected chi connectivity index (χ3v) is 3.62. The first-order valence-corrected chi connectivity index (χ1v) is 6.72. The van der Waals surface area contributed by atoms with Gasteiger partial charge in [0, 0.05) is 10.7 Å². The van der Waals surface area contributed by atoms with Gasteiger partial charge in [-0.1, -0.05) is 15.9 Å².